The van der Waals surface area contributed by atoms with Gasteiger partial charge >= 0.3 is 5.97 Å². The molecule has 1 aromatic heterocycles. The van der Waals surface area contributed by atoms with Crippen molar-refractivity contribution in [2.45, 2.75) is 31.3 Å². The first-order valence-corrected chi connectivity index (χ1v) is 9.32. The lowest BCUT2D eigenvalue weighted by Gasteiger charge is -2.27. The number of hydrogen-bond acceptors (Lipinski definition) is 6. The molecule has 0 atom stereocenters. The number of carbonyl (C=O) groups is 1. The fraction of sp³-hybridized carbons (Fsp3) is 0.471. The van der Waals surface area contributed by atoms with Crippen LogP contribution in [0.1, 0.15) is 26.2 Å². The van der Waals surface area contributed by atoms with Crippen LogP contribution in [0.4, 0.5) is 5.95 Å². The van der Waals surface area contributed by atoms with Crippen LogP contribution in [0.25, 0.3) is 5.69 Å². The van der Waals surface area contributed by atoms with Crippen LogP contribution in [-0.4, -0.2) is 46.2 Å². The molecule has 7 heteroatoms. The number of rotatable bonds is 6. The third-order valence-electron chi connectivity index (χ3n) is 3.89. The van der Waals surface area contributed by atoms with Gasteiger partial charge in [0.1, 0.15) is 0 Å². The summed E-state index contributed by atoms with van der Waals surface area (Å²) in [4.78, 5) is 13.9. The number of para-hydroxylation sites is 1. The minimum absolute atomic E-state index is 0.232. The first-order valence-electron chi connectivity index (χ1n) is 8.34. The van der Waals surface area contributed by atoms with Crippen LogP contribution in [0.5, 0.6) is 0 Å². The van der Waals surface area contributed by atoms with E-state index >= 15 is 0 Å². The molecule has 2 aromatic rings. The summed E-state index contributed by atoms with van der Waals surface area (Å²) in [5.74, 6) is 0.857. The zero-order valence-electron chi connectivity index (χ0n) is 13.9. The van der Waals surface area contributed by atoms with Crippen molar-refractivity contribution in [2.24, 2.45) is 0 Å². The molecule has 0 bridgehead atoms. The zero-order valence-corrected chi connectivity index (χ0v) is 14.7. The minimum Gasteiger partial charge on any atom is -0.465 e. The summed E-state index contributed by atoms with van der Waals surface area (Å²) in [5.41, 5.74) is 1.01. The average molecular weight is 346 g/mol. The van der Waals surface area contributed by atoms with Crippen LogP contribution >= 0.6 is 11.8 Å². The summed E-state index contributed by atoms with van der Waals surface area (Å²) >= 11 is 1.36. The highest BCUT2D eigenvalue weighted by molar-refractivity contribution is 7.99. The second-order valence-corrected chi connectivity index (χ2v) is 6.54. The van der Waals surface area contributed by atoms with Gasteiger partial charge in [-0.25, -0.2) is 0 Å². The van der Waals surface area contributed by atoms with Crippen LogP contribution in [0.15, 0.2) is 35.5 Å². The Morgan fingerprint density at radius 2 is 1.92 bits per heavy atom. The Morgan fingerprint density at radius 3 is 2.62 bits per heavy atom. The Morgan fingerprint density at radius 1 is 1.17 bits per heavy atom. The van der Waals surface area contributed by atoms with Gasteiger partial charge < -0.3 is 9.64 Å². The van der Waals surface area contributed by atoms with Gasteiger partial charge in [-0.3, -0.25) is 9.36 Å². The number of aromatic nitrogens is 3. The largest absolute Gasteiger partial charge is 0.465 e. The molecule has 1 saturated heterocycles. The normalized spacial score (nSPS) is 14.6. The van der Waals surface area contributed by atoms with Gasteiger partial charge in [-0.15, -0.1) is 10.2 Å². The third-order valence-corrected chi connectivity index (χ3v) is 4.80. The van der Waals surface area contributed by atoms with E-state index in [0.717, 1.165) is 29.9 Å². The van der Waals surface area contributed by atoms with Crippen LogP contribution in [-0.2, 0) is 9.53 Å². The summed E-state index contributed by atoms with van der Waals surface area (Å²) in [7, 11) is 0. The van der Waals surface area contributed by atoms with Crippen LogP contribution < -0.4 is 4.90 Å². The SMILES string of the molecule is CCOC(=O)CSc1nnc(N2CCCCC2)n1-c1ccccc1. The lowest BCUT2D eigenvalue weighted by molar-refractivity contribution is -0.139. The molecule has 0 amide bonds. The van der Waals surface area contributed by atoms with Gasteiger partial charge in [-0.05, 0) is 38.3 Å². The number of carbonyl (C=O) groups excluding carboxylic acids is 1. The number of thioether (sulfide) groups is 1. The number of nitrogens with zero attached hydrogens (tertiary/aromatic N) is 4. The highest BCUT2D eigenvalue weighted by Gasteiger charge is 2.22. The number of benzene rings is 1. The van der Waals surface area contributed by atoms with E-state index in [2.05, 4.69) is 15.1 Å². The van der Waals surface area contributed by atoms with E-state index in [9.17, 15) is 4.79 Å². The molecule has 0 saturated carbocycles. The molecule has 1 fully saturated rings. The second-order valence-electron chi connectivity index (χ2n) is 5.59. The maximum atomic E-state index is 11.7. The van der Waals surface area contributed by atoms with Crippen molar-refractivity contribution in [3.8, 4) is 5.69 Å². The van der Waals surface area contributed by atoms with Gasteiger partial charge in [0.05, 0.1) is 18.0 Å². The molecule has 6 nitrogen and oxygen atoms in total. The Labute approximate surface area is 146 Å². The highest BCUT2D eigenvalue weighted by atomic mass is 32.2. The first kappa shape index (κ1) is 16.8. The smallest absolute Gasteiger partial charge is 0.316 e. The van der Waals surface area contributed by atoms with Gasteiger partial charge in [-0.1, -0.05) is 30.0 Å². The van der Waals surface area contributed by atoms with Gasteiger partial charge in [0.15, 0.2) is 5.16 Å². The summed E-state index contributed by atoms with van der Waals surface area (Å²) in [6.45, 7) is 4.19. The van der Waals surface area contributed by atoms with Gasteiger partial charge in [0, 0.05) is 13.1 Å². The molecule has 1 aromatic carbocycles. The topological polar surface area (TPSA) is 60.2 Å². The van der Waals surface area contributed by atoms with Crippen molar-refractivity contribution in [3.63, 3.8) is 0 Å². The molecule has 1 aliphatic rings. The lowest BCUT2D eigenvalue weighted by Crippen LogP contribution is -2.31. The molecule has 0 aliphatic carbocycles. The predicted molar refractivity (Wildman–Crippen MR) is 94.8 cm³/mol. The molecule has 0 unspecified atom stereocenters. The van der Waals surface area contributed by atoms with Gasteiger partial charge in [0.25, 0.3) is 0 Å². The van der Waals surface area contributed by atoms with Gasteiger partial charge in [-0.2, -0.15) is 0 Å². The molecular weight excluding hydrogens is 324 g/mol. The Bertz CT molecular complexity index is 668. The zero-order chi connectivity index (χ0) is 16.8. The fourth-order valence-electron chi connectivity index (χ4n) is 2.78. The molecule has 3 rings (SSSR count). The molecule has 1 aliphatic heterocycles. The number of anilines is 1. The molecular formula is C17H22N4O2S. The maximum Gasteiger partial charge on any atom is 0.316 e. The monoisotopic (exact) mass is 346 g/mol. The fourth-order valence-corrected chi connectivity index (χ4v) is 3.53. The molecule has 128 valence electrons. The number of hydrogen-bond donors (Lipinski definition) is 0. The quantitative estimate of drug-likeness (QED) is 0.592. The summed E-state index contributed by atoms with van der Waals surface area (Å²) in [6, 6.07) is 10.0. The summed E-state index contributed by atoms with van der Waals surface area (Å²) in [5, 5.41) is 9.45. The van der Waals surface area contributed by atoms with Crippen molar-refractivity contribution in [1.29, 1.82) is 0 Å². The van der Waals surface area contributed by atoms with Crippen LogP contribution in [0, 0.1) is 0 Å². The van der Waals surface area contributed by atoms with Crippen molar-refractivity contribution < 1.29 is 9.53 Å². The molecule has 2 heterocycles. The van der Waals surface area contributed by atoms with E-state index < -0.39 is 0 Å². The lowest BCUT2D eigenvalue weighted by atomic mass is 10.1. The summed E-state index contributed by atoms with van der Waals surface area (Å²) < 4.78 is 7.04. The number of piperidine rings is 1. The van der Waals surface area contributed by atoms with Crippen LogP contribution in [0.3, 0.4) is 0 Å². The molecule has 24 heavy (non-hydrogen) atoms. The number of ether oxygens (including phenoxy) is 1. The third kappa shape index (κ3) is 3.90. The Hall–Kier alpha value is -2.02. The molecule has 0 radical (unpaired) electrons. The van der Waals surface area contributed by atoms with E-state index in [1.54, 1.807) is 0 Å². The average Bonchev–Trinajstić information content (AvgIpc) is 3.06. The van der Waals surface area contributed by atoms with Crippen molar-refractivity contribution in [2.75, 3.05) is 30.3 Å². The van der Waals surface area contributed by atoms with Crippen molar-refractivity contribution in [3.05, 3.63) is 30.3 Å². The Balaban J connectivity index is 1.88. The number of esters is 1. The second kappa shape index (κ2) is 8.19. The predicted octanol–water partition coefficient (Wildman–Crippen LogP) is 2.91. The highest BCUT2D eigenvalue weighted by Crippen LogP contribution is 2.28. The van der Waals surface area contributed by atoms with E-state index in [1.165, 1.54) is 31.0 Å². The van der Waals surface area contributed by atoms with Crippen LogP contribution in [0.2, 0.25) is 0 Å². The van der Waals surface area contributed by atoms with E-state index in [4.69, 9.17) is 4.74 Å². The van der Waals surface area contributed by atoms with Gasteiger partial charge in [0.2, 0.25) is 5.95 Å². The van der Waals surface area contributed by atoms with E-state index in [1.807, 2.05) is 41.8 Å². The molecule has 0 spiro atoms. The van der Waals surface area contributed by atoms with Crippen molar-refractivity contribution >= 4 is 23.7 Å². The first-order chi connectivity index (χ1) is 11.8. The summed E-state index contributed by atoms with van der Waals surface area (Å²) in [6.07, 6.45) is 3.61. The Kier molecular flexibility index (Phi) is 5.74. The molecule has 0 N–H and O–H groups in total. The van der Waals surface area contributed by atoms with E-state index in [-0.39, 0.29) is 11.7 Å². The van der Waals surface area contributed by atoms with Crippen molar-refractivity contribution in [1.82, 2.24) is 14.8 Å². The van der Waals surface area contributed by atoms with E-state index in [0.29, 0.717) is 6.61 Å². The standard InChI is InChI=1S/C17H22N4O2S/c1-2-23-15(22)13-24-17-19-18-16(20-11-7-4-8-12-20)21(17)14-9-5-3-6-10-14/h3,5-6,9-10H,2,4,7-8,11-13H2,1H3. The minimum atomic E-state index is -0.232. The maximum absolute atomic E-state index is 11.7.